The molecule has 0 radical (unpaired) electrons. The minimum absolute atomic E-state index is 0.0567. The summed E-state index contributed by atoms with van der Waals surface area (Å²) < 4.78 is 1.57. The number of thiophene rings is 1. The average molecular weight is 432 g/mol. The predicted molar refractivity (Wildman–Crippen MR) is 109 cm³/mol. The molecule has 0 spiro atoms. The normalized spacial score (nSPS) is 11.7. The Labute approximate surface area is 173 Å². The van der Waals surface area contributed by atoms with E-state index in [1.165, 1.54) is 12.3 Å². The van der Waals surface area contributed by atoms with Gasteiger partial charge in [-0.05, 0) is 35.7 Å². The number of nitrogens with two attached hydrogens (primary N) is 1. The van der Waals surface area contributed by atoms with E-state index in [0.29, 0.717) is 21.3 Å². The first-order valence-corrected chi connectivity index (χ1v) is 9.55. The van der Waals surface area contributed by atoms with E-state index in [2.05, 4.69) is 15.2 Å². The van der Waals surface area contributed by atoms with Gasteiger partial charge in [0.15, 0.2) is 11.5 Å². The van der Waals surface area contributed by atoms with Crippen LogP contribution in [0, 0.1) is 0 Å². The van der Waals surface area contributed by atoms with Gasteiger partial charge in [0.05, 0.1) is 21.8 Å². The van der Waals surface area contributed by atoms with Crippen molar-refractivity contribution in [1.29, 1.82) is 0 Å². The van der Waals surface area contributed by atoms with Crippen molar-refractivity contribution >= 4 is 52.0 Å². The monoisotopic (exact) mass is 431 g/mol. The van der Waals surface area contributed by atoms with Crippen LogP contribution in [-0.2, 0) is 4.84 Å². The van der Waals surface area contributed by atoms with Crippen LogP contribution in [0.25, 0.3) is 16.2 Å². The molecule has 3 aromatic heterocycles. The lowest BCUT2D eigenvalue weighted by Crippen LogP contribution is -2.16. The lowest BCUT2D eigenvalue weighted by molar-refractivity contribution is 0.0518. The molecule has 0 bridgehead atoms. The van der Waals surface area contributed by atoms with E-state index in [-0.39, 0.29) is 11.4 Å². The summed E-state index contributed by atoms with van der Waals surface area (Å²) in [5, 5.41) is 10.6. The summed E-state index contributed by atoms with van der Waals surface area (Å²) in [6.45, 7) is 0. The SMILES string of the molecule is N/C(=N\OC(=O)c1cnn2c(-c3cccs3)ccnc12)c1ccc(Cl)cc1Cl. The first kappa shape index (κ1) is 18.4. The molecule has 28 heavy (non-hydrogen) atoms. The number of nitrogens with zero attached hydrogens (tertiary/aromatic N) is 4. The van der Waals surface area contributed by atoms with E-state index in [1.54, 1.807) is 34.2 Å². The van der Waals surface area contributed by atoms with Crippen molar-refractivity contribution in [1.82, 2.24) is 14.6 Å². The summed E-state index contributed by atoms with van der Waals surface area (Å²) >= 11 is 13.5. The zero-order chi connectivity index (χ0) is 19.7. The van der Waals surface area contributed by atoms with Gasteiger partial charge >= 0.3 is 5.97 Å². The van der Waals surface area contributed by atoms with E-state index in [1.807, 2.05) is 23.6 Å². The number of benzene rings is 1. The topological polar surface area (TPSA) is 94.9 Å². The van der Waals surface area contributed by atoms with Crippen molar-refractivity contribution in [2.24, 2.45) is 10.9 Å². The third-order valence-electron chi connectivity index (χ3n) is 3.83. The molecule has 0 aliphatic carbocycles. The zero-order valence-corrected chi connectivity index (χ0v) is 16.4. The van der Waals surface area contributed by atoms with Gasteiger partial charge in [-0.2, -0.15) is 5.10 Å². The van der Waals surface area contributed by atoms with E-state index in [0.717, 1.165) is 10.6 Å². The smallest absolute Gasteiger partial charge is 0.371 e. The Bertz CT molecular complexity index is 1200. The predicted octanol–water partition coefficient (Wildman–Crippen LogP) is 4.24. The molecule has 0 atom stereocenters. The number of hydrogen-bond donors (Lipinski definition) is 1. The molecule has 4 rings (SSSR count). The van der Waals surface area contributed by atoms with Crippen molar-refractivity contribution < 1.29 is 9.63 Å². The molecule has 0 aliphatic rings. The molecule has 7 nitrogen and oxygen atoms in total. The molecule has 10 heteroatoms. The van der Waals surface area contributed by atoms with Gasteiger partial charge in [0.25, 0.3) is 0 Å². The Morgan fingerprint density at radius 2 is 2.07 bits per heavy atom. The fraction of sp³-hybridized carbons (Fsp3) is 0. The molecule has 140 valence electrons. The molecule has 2 N–H and O–H groups in total. The second-order valence-corrected chi connectivity index (χ2v) is 7.37. The Balaban J connectivity index is 1.62. The molecule has 3 heterocycles. The molecule has 0 amide bonds. The number of oxime groups is 1. The first-order chi connectivity index (χ1) is 13.5. The Morgan fingerprint density at radius 1 is 1.21 bits per heavy atom. The maximum atomic E-state index is 12.5. The molecule has 4 aromatic rings. The third-order valence-corrected chi connectivity index (χ3v) is 5.27. The number of aromatic nitrogens is 3. The number of rotatable bonds is 4. The Hall–Kier alpha value is -2.94. The van der Waals surface area contributed by atoms with Crippen LogP contribution in [0.5, 0.6) is 0 Å². The van der Waals surface area contributed by atoms with Gasteiger partial charge in [-0.1, -0.05) is 34.4 Å². The number of carbonyl (C=O) groups excluding carboxylic acids is 1. The van der Waals surface area contributed by atoms with Gasteiger partial charge in [0.2, 0.25) is 0 Å². The highest BCUT2D eigenvalue weighted by atomic mass is 35.5. The van der Waals surface area contributed by atoms with Crippen molar-refractivity contribution in [2.75, 3.05) is 0 Å². The minimum atomic E-state index is -0.737. The quantitative estimate of drug-likeness (QED) is 0.225. The molecule has 0 saturated carbocycles. The molecular formula is C18H11Cl2N5O2S. The number of amidine groups is 1. The van der Waals surface area contributed by atoms with Crippen LogP contribution in [0.4, 0.5) is 0 Å². The van der Waals surface area contributed by atoms with Crippen LogP contribution < -0.4 is 5.73 Å². The Morgan fingerprint density at radius 3 is 2.82 bits per heavy atom. The van der Waals surface area contributed by atoms with Gasteiger partial charge in [-0.25, -0.2) is 14.3 Å². The molecule has 1 aromatic carbocycles. The molecule has 0 aliphatic heterocycles. The van der Waals surface area contributed by atoms with Crippen LogP contribution in [0.2, 0.25) is 10.0 Å². The lowest BCUT2D eigenvalue weighted by Gasteiger charge is -2.04. The van der Waals surface area contributed by atoms with E-state index in [4.69, 9.17) is 33.8 Å². The number of carbonyl (C=O) groups is 1. The molecule has 0 unspecified atom stereocenters. The fourth-order valence-electron chi connectivity index (χ4n) is 2.53. The summed E-state index contributed by atoms with van der Waals surface area (Å²) in [6, 6.07) is 10.4. The summed E-state index contributed by atoms with van der Waals surface area (Å²) in [7, 11) is 0. The van der Waals surface area contributed by atoms with Gasteiger partial charge in [0.1, 0.15) is 5.56 Å². The van der Waals surface area contributed by atoms with Crippen LogP contribution in [0.3, 0.4) is 0 Å². The van der Waals surface area contributed by atoms with Gasteiger partial charge < -0.3 is 10.6 Å². The summed E-state index contributed by atoms with van der Waals surface area (Å²) in [6.07, 6.45) is 2.98. The molecule has 0 fully saturated rings. The largest absolute Gasteiger partial charge is 0.380 e. The zero-order valence-electron chi connectivity index (χ0n) is 14.0. The van der Waals surface area contributed by atoms with E-state index < -0.39 is 5.97 Å². The highest BCUT2D eigenvalue weighted by Crippen LogP contribution is 2.25. The number of hydrogen-bond acceptors (Lipinski definition) is 6. The maximum absolute atomic E-state index is 12.5. The van der Waals surface area contributed by atoms with Crippen molar-refractivity contribution in [3.05, 3.63) is 75.3 Å². The van der Waals surface area contributed by atoms with Crippen LogP contribution in [0.15, 0.2) is 59.3 Å². The maximum Gasteiger partial charge on any atom is 0.371 e. The average Bonchev–Trinajstić information content (AvgIpc) is 3.35. The molecular weight excluding hydrogens is 421 g/mol. The second kappa shape index (κ2) is 7.59. The van der Waals surface area contributed by atoms with Crippen LogP contribution >= 0.6 is 34.5 Å². The van der Waals surface area contributed by atoms with Gasteiger partial charge in [-0.3, -0.25) is 0 Å². The summed E-state index contributed by atoms with van der Waals surface area (Å²) in [5.41, 5.74) is 7.59. The minimum Gasteiger partial charge on any atom is -0.380 e. The fourth-order valence-corrected chi connectivity index (χ4v) is 3.77. The Kier molecular flexibility index (Phi) is 4.99. The van der Waals surface area contributed by atoms with Crippen LogP contribution in [-0.4, -0.2) is 26.4 Å². The summed E-state index contributed by atoms with van der Waals surface area (Å²) in [4.78, 5) is 22.7. The standard InChI is InChI=1S/C18H11Cl2N5O2S/c19-10-3-4-11(13(20)8-10)16(21)24-27-18(26)12-9-23-25-14(5-6-22-17(12)25)15-2-1-7-28-15/h1-9H,(H2,21,24). The van der Waals surface area contributed by atoms with Crippen molar-refractivity contribution in [2.45, 2.75) is 0 Å². The lowest BCUT2D eigenvalue weighted by atomic mass is 10.2. The second-order valence-electron chi connectivity index (χ2n) is 5.58. The van der Waals surface area contributed by atoms with Crippen LogP contribution in [0.1, 0.15) is 15.9 Å². The molecule has 0 saturated heterocycles. The summed E-state index contributed by atoms with van der Waals surface area (Å²) in [5.74, 6) is -0.794. The number of halogens is 2. The van der Waals surface area contributed by atoms with E-state index >= 15 is 0 Å². The van der Waals surface area contributed by atoms with Gasteiger partial charge in [0, 0.05) is 16.8 Å². The number of fused-ring (bicyclic) bond motifs is 1. The van der Waals surface area contributed by atoms with E-state index in [9.17, 15) is 4.79 Å². The van der Waals surface area contributed by atoms with Gasteiger partial charge in [-0.15, -0.1) is 11.3 Å². The third kappa shape index (κ3) is 3.45. The van der Waals surface area contributed by atoms with Crippen molar-refractivity contribution in [3.63, 3.8) is 0 Å². The highest BCUT2D eigenvalue weighted by molar-refractivity contribution is 7.13. The van der Waals surface area contributed by atoms with Crippen molar-refractivity contribution in [3.8, 4) is 10.6 Å². The highest BCUT2D eigenvalue weighted by Gasteiger charge is 2.18. The first-order valence-electron chi connectivity index (χ1n) is 7.91.